The molecule has 3 aromatic rings. The Kier molecular flexibility index (Phi) is 6.05. The zero-order valence-corrected chi connectivity index (χ0v) is 17.1. The summed E-state index contributed by atoms with van der Waals surface area (Å²) in [5.41, 5.74) is 0.437. The predicted octanol–water partition coefficient (Wildman–Crippen LogP) is 6.25. The van der Waals surface area contributed by atoms with Crippen LogP contribution in [0.5, 0.6) is 0 Å². The number of halogens is 5. The van der Waals surface area contributed by atoms with Crippen LogP contribution in [0.2, 0.25) is 10.0 Å². The van der Waals surface area contributed by atoms with Gasteiger partial charge < -0.3 is 0 Å². The Balaban J connectivity index is 1.76. The summed E-state index contributed by atoms with van der Waals surface area (Å²) in [7, 11) is -3.70. The number of hydrogen-bond acceptors (Lipinski definition) is 4. The van der Waals surface area contributed by atoms with Gasteiger partial charge in [-0.25, -0.2) is 13.4 Å². The van der Waals surface area contributed by atoms with Gasteiger partial charge in [-0.3, -0.25) is 0 Å². The summed E-state index contributed by atoms with van der Waals surface area (Å²) in [6.07, 6.45) is -4.52. The second-order valence-corrected chi connectivity index (χ2v) is 9.81. The van der Waals surface area contributed by atoms with Crippen LogP contribution in [0.15, 0.2) is 47.8 Å². The molecule has 0 aliphatic rings. The number of rotatable bonds is 5. The van der Waals surface area contributed by atoms with Crippen LogP contribution in [0.25, 0.3) is 11.3 Å². The molecule has 2 aromatic carbocycles. The number of alkyl halides is 3. The maximum Gasteiger partial charge on any atom is 0.416 e. The van der Waals surface area contributed by atoms with Crippen LogP contribution < -0.4 is 0 Å². The van der Waals surface area contributed by atoms with Gasteiger partial charge >= 0.3 is 6.18 Å². The first-order chi connectivity index (χ1) is 13.0. The second kappa shape index (κ2) is 8.02. The molecule has 0 N–H and O–H groups in total. The maximum atomic E-state index is 12.8. The highest BCUT2D eigenvalue weighted by Crippen LogP contribution is 2.31. The summed E-state index contributed by atoms with van der Waals surface area (Å²) in [5, 5.41) is 2.78. The van der Waals surface area contributed by atoms with Gasteiger partial charge in [0.15, 0.2) is 9.84 Å². The Bertz CT molecular complexity index is 1110. The first-order valence-electron chi connectivity index (χ1n) is 7.80. The van der Waals surface area contributed by atoms with Crippen LogP contribution in [0.4, 0.5) is 13.2 Å². The molecule has 0 fully saturated rings. The van der Waals surface area contributed by atoms with Gasteiger partial charge in [0, 0.05) is 10.9 Å². The Labute approximate surface area is 173 Å². The van der Waals surface area contributed by atoms with E-state index in [1.807, 2.05) is 0 Å². The van der Waals surface area contributed by atoms with E-state index in [2.05, 4.69) is 4.98 Å². The van der Waals surface area contributed by atoms with Crippen molar-refractivity contribution in [2.45, 2.75) is 17.7 Å². The number of nitrogens with zero attached hydrogens (tertiary/aromatic N) is 1. The number of hydrogen-bond donors (Lipinski definition) is 0. The van der Waals surface area contributed by atoms with Crippen LogP contribution in [0.1, 0.15) is 16.1 Å². The third kappa shape index (κ3) is 5.26. The van der Waals surface area contributed by atoms with Crippen molar-refractivity contribution in [2.24, 2.45) is 0 Å². The van der Waals surface area contributed by atoms with Crippen molar-refractivity contribution in [3.63, 3.8) is 0 Å². The fraction of sp³-hybridized carbons (Fsp3) is 0.167. The van der Waals surface area contributed by atoms with Crippen LogP contribution >= 0.6 is 34.5 Å². The molecule has 3 nitrogen and oxygen atoms in total. The zero-order valence-electron chi connectivity index (χ0n) is 14.0. The smallest absolute Gasteiger partial charge is 0.240 e. The molecule has 0 aliphatic heterocycles. The van der Waals surface area contributed by atoms with Crippen LogP contribution in [-0.4, -0.2) is 13.4 Å². The number of benzene rings is 2. The lowest BCUT2D eigenvalue weighted by molar-refractivity contribution is -0.137. The average molecular weight is 466 g/mol. The Morgan fingerprint density at radius 2 is 1.75 bits per heavy atom. The molecule has 0 unspecified atom stereocenters. The van der Waals surface area contributed by atoms with Gasteiger partial charge in [0.05, 0.1) is 27.1 Å². The first-order valence-corrected chi connectivity index (χ1v) is 11.3. The number of thiazole rings is 1. The fourth-order valence-electron chi connectivity index (χ4n) is 2.50. The Morgan fingerprint density at radius 3 is 2.43 bits per heavy atom. The van der Waals surface area contributed by atoms with E-state index in [-0.39, 0.29) is 11.3 Å². The monoisotopic (exact) mass is 465 g/mol. The first kappa shape index (κ1) is 21.1. The average Bonchev–Trinajstić information content (AvgIpc) is 3.04. The number of sulfone groups is 1. The minimum atomic E-state index is -4.52. The van der Waals surface area contributed by atoms with Gasteiger partial charge in [0.2, 0.25) is 0 Å². The molecule has 1 aromatic heterocycles. The highest BCUT2D eigenvalue weighted by atomic mass is 35.5. The molecule has 10 heteroatoms. The van der Waals surface area contributed by atoms with Gasteiger partial charge in [-0.15, -0.1) is 11.3 Å². The summed E-state index contributed by atoms with van der Waals surface area (Å²) in [6.45, 7) is 0. The zero-order chi connectivity index (χ0) is 20.5. The van der Waals surface area contributed by atoms with Crippen LogP contribution in [-0.2, 0) is 27.5 Å². The minimum Gasteiger partial charge on any atom is -0.240 e. The summed E-state index contributed by atoms with van der Waals surface area (Å²) < 4.78 is 63.2. The van der Waals surface area contributed by atoms with E-state index in [0.717, 1.165) is 23.5 Å². The molecular formula is C18H12Cl2F3NO2S2. The SMILES string of the molecule is O=S(=O)(Cc1cccc(C(F)(F)F)c1)Cc1nc(-c2ccc(Cl)c(Cl)c2)cs1. The number of aromatic nitrogens is 1. The van der Waals surface area contributed by atoms with Crippen LogP contribution in [0.3, 0.4) is 0 Å². The molecule has 0 saturated heterocycles. The molecule has 0 radical (unpaired) electrons. The van der Waals surface area contributed by atoms with Crippen molar-refractivity contribution >= 4 is 44.4 Å². The van der Waals surface area contributed by atoms with Gasteiger partial charge in [-0.05, 0) is 23.8 Å². The van der Waals surface area contributed by atoms with E-state index in [0.29, 0.717) is 26.3 Å². The molecule has 0 bridgehead atoms. The Morgan fingerprint density at radius 1 is 1.00 bits per heavy atom. The Hall–Kier alpha value is -1.61. The molecule has 1 heterocycles. The molecule has 0 atom stereocenters. The molecule has 0 amide bonds. The van der Waals surface area contributed by atoms with Gasteiger partial charge in [0.25, 0.3) is 0 Å². The minimum absolute atomic E-state index is 0.0797. The summed E-state index contributed by atoms with van der Waals surface area (Å²) in [5.74, 6) is -0.867. The van der Waals surface area contributed by atoms with E-state index >= 15 is 0 Å². The van der Waals surface area contributed by atoms with Crippen molar-refractivity contribution in [1.29, 1.82) is 0 Å². The van der Waals surface area contributed by atoms with Crippen molar-refractivity contribution in [3.05, 3.63) is 74.0 Å². The molecule has 0 spiro atoms. The topological polar surface area (TPSA) is 47.0 Å². The van der Waals surface area contributed by atoms with Crippen molar-refractivity contribution in [1.82, 2.24) is 4.98 Å². The van der Waals surface area contributed by atoms with E-state index in [1.54, 1.807) is 23.6 Å². The molecular weight excluding hydrogens is 454 g/mol. The lowest BCUT2D eigenvalue weighted by Crippen LogP contribution is -2.10. The molecule has 148 valence electrons. The largest absolute Gasteiger partial charge is 0.416 e. The van der Waals surface area contributed by atoms with E-state index in [4.69, 9.17) is 23.2 Å². The van der Waals surface area contributed by atoms with Gasteiger partial charge in [-0.2, -0.15) is 13.2 Å². The molecule has 28 heavy (non-hydrogen) atoms. The van der Waals surface area contributed by atoms with Crippen molar-refractivity contribution in [2.75, 3.05) is 0 Å². The quantitative estimate of drug-likeness (QED) is 0.447. The highest BCUT2D eigenvalue weighted by molar-refractivity contribution is 7.89. The summed E-state index contributed by atoms with van der Waals surface area (Å²) in [4.78, 5) is 4.29. The normalized spacial score (nSPS) is 12.3. The molecule has 0 aliphatic carbocycles. The van der Waals surface area contributed by atoms with Crippen molar-refractivity contribution < 1.29 is 21.6 Å². The third-order valence-corrected chi connectivity index (χ3v) is 7.01. The van der Waals surface area contributed by atoms with Crippen molar-refractivity contribution in [3.8, 4) is 11.3 Å². The van der Waals surface area contributed by atoms with Crippen LogP contribution in [0, 0.1) is 0 Å². The molecule has 3 rings (SSSR count). The standard InChI is InChI=1S/C18H12Cl2F3NO2S2/c19-14-5-4-12(7-15(14)20)16-8-27-17(24-16)10-28(25,26)9-11-2-1-3-13(6-11)18(21,22)23/h1-8H,9-10H2. The second-order valence-electron chi connectivity index (χ2n) is 5.99. The summed E-state index contributed by atoms with van der Waals surface area (Å²) in [6, 6.07) is 9.25. The van der Waals surface area contributed by atoms with E-state index in [1.165, 1.54) is 12.1 Å². The lowest BCUT2D eigenvalue weighted by atomic mass is 10.1. The van der Waals surface area contributed by atoms with Gasteiger partial charge in [-0.1, -0.05) is 47.5 Å². The van der Waals surface area contributed by atoms with E-state index in [9.17, 15) is 21.6 Å². The lowest BCUT2D eigenvalue weighted by Gasteiger charge is -2.09. The maximum absolute atomic E-state index is 12.8. The fourth-order valence-corrected chi connectivity index (χ4v) is 5.42. The highest BCUT2D eigenvalue weighted by Gasteiger charge is 2.30. The van der Waals surface area contributed by atoms with E-state index < -0.39 is 27.3 Å². The molecule has 0 saturated carbocycles. The summed E-state index contributed by atoms with van der Waals surface area (Å²) >= 11 is 13.0. The predicted molar refractivity (Wildman–Crippen MR) is 105 cm³/mol. The van der Waals surface area contributed by atoms with Gasteiger partial charge in [0.1, 0.15) is 10.8 Å². The third-order valence-electron chi connectivity index (χ3n) is 3.75.